The molecule has 1 saturated heterocycles. The number of carbonyl (C=O) groups is 4. The van der Waals surface area contributed by atoms with Crippen molar-refractivity contribution < 1.29 is 50.6 Å². The molecule has 0 spiro atoms. The maximum absolute atomic E-state index is 14.8. The molecule has 7 atom stereocenters. The average Bonchev–Trinajstić information content (AvgIpc) is 4.04. The number of sulfonamides is 1. The number of alkyl halides is 2. The molecular formula is C39H51F2N5O9S. The Morgan fingerprint density at radius 2 is 1.79 bits per heavy atom. The van der Waals surface area contributed by atoms with Crippen molar-refractivity contribution in [3.63, 3.8) is 0 Å². The molecule has 1 aromatic heterocycles. The van der Waals surface area contributed by atoms with E-state index in [0.717, 1.165) is 19.2 Å². The van der Waals surface area contributed by atoms with Gasteiger partial charge < -0.3 is 29.7 Å². The van der Waals surface area contributed by atoms with Crippen molar-refractivity contribution in [2.75, 3.05) is 13.7 Å². The molecule has 0 bridgehead atoms. The summed E-state index contributed by atoms with van der Waals surface area (Å²) in [5, 5.41) is 6.10. The number of nitrogens with zero attached hydrogens (tertiary/aromatic N) is 2. The van der Waals surface area contributed by atoms with Gasteiger partial charge in [0.05, 0.1) is 18.9 Å². The molecule has 2 aromatic rings. The zero-order chi connectivity index (χ0) is 40.8. The van der Waals surface area contributed by atoms with Crippen LogP contribution in [0.25, 0.3) is 10.8 Å². The Labute approximate surface area is 325 Å². The highest BCUT2D eigenvalue weighted by Crippen LogP contribution is 2.46. The first kappa shape index (κ1) is 41.1. The first-order valence-electron chi connectivity index (χ1n) is 19.1. The highest BCUT2D eigenvalue weighted by Gasteiger charge is 2.62. The summed E-state index contributed by atoms with van der Waals surface area (Å²) in [6.07, 6.45) is 4.28. The van der Waals surface area contributed by atoms with Gasteiger partial charge in [-0.1, -0.05) is 44.2 Å². The van der Waals surface area contributed by atoms with E-state index < -0.39 is 86.2 Å². The number of ether oxygens (including phenoxy) is 3. The van der Waals surface area contributed by atoms with E-state index in [2.05, 4.69) is 20.3 Å². The molecule has 4 aliphatic rings. The van der Waals surface area contributed by atoms with Gasteiger partial charge in [0.2, 0.25) is 33.6 Å². The second kappa shape index (κ2) is 15.4. The van der Waals surface area contributed by atoms with Crippen LogP contribution in [0.3, 0.4) is 0 Å². The van der Waals surface area contributed by atoms with Crippen LogP contribution in [0, 0.1) is 17.8 Å². The minimum atomic E-state index is -3.95. The number of pyridine rings is 1. The summed E-state index contributed by atoms with van der Waals surface area (Å²) in [7, 11) is -2.49. The summed E-state index contributed by atoms with van der Waals surface area (Å²) < 4.78 is 73.6. The van der Waals surface area contributed by atoms with E-state index in [4.69, 9.17) is 14.2 Å². The standard InChI is InChI=1S/C39H51F2N5O9S/c1-22-11-7-9-13-25-20-39(25,35(49)45-56(51,52)27-15-16-27)44-32(47)29-19-26(54-33-28-14-10-8-12-24(28)18-30(42-33)53-6)21-46(29)34(48)31(23(2)17-22)43-36(50)55-37(3,4)38(5,40)41/h8-10,12-14,18,22-23,25-27,29,31H,7,11,15-17,19-21H2,1-6H3,(H,43,50)(H,44,47)(H,45,49)/b13-9-/t22-,23-,25-,26-,29+,31+,39-/m1/s1. The maximum Gasteiger partial charge on any atom is 0.408 e. The lowest BCUT2D eigenvalue weighted by Crippen LogP contribution is -2.59. The number of allylic oxidation sites excluding steroid dienone is 1. The molecular weight excluding hydrogens is 753 g/mol. The Hall–Kier alpha value is -4.54. The molecule has 2 aliphatic carbocycles. The van der Waals surface area contributed by atoms with Crippen LogP contribution in [0.2, 0.25) is 0 Å². The monoisotopic (exact) mass is 803 g/mol. The predicted molar refractivity (Wildman–Crippen MR) is 201 cm³/mol. The first-order valence-corrected chi connectivity index (χ1v) is 20.6. The fraction of sp³-hybridized carbons (Fsp3) is 0.615. The number of benzene rings is 1. The second-order valence-electron chi connectivity index (χ2n) is 16.4. The Morgan fingerprint density at radius 1 is 1.07 bits per heavy atom. The van der Waals surface area contributed by atoms with Gasteiger partial charge in [-0.15, -0.1) is 0 Å². The number of hydrogen-bond donors (Lipinski definition) is 3. The lowest BCUT2D eigenvalue weighted by Gasteiger charge is -2.35. The molecule has 306 valence electrons. The first-order chi connectivity index (χ1) is 26.2. The van der Waals surface area contributed by atoms with E-state index in [1.54, 1.807) is 25.1 Å². The molecule has 6 rings (SSSR count). The molecule has 1 aromatic carbocycles. The smallest absolute Gasteiger partial charge is 0.408 e. The Kier molecular flexibility index (Phi) is 11.3. The van der Waals surface area contributed by atoms with E-state index in [1.807, 2.05) is 31.2 Å². The SMILES string of the molecule is COc1cc2ccccc2c(O[C@@H]2C[C@H]3C(=O)N[C@]4(C(=O)NS(=O)(=O)C5CC5)C[C@H]4/C=C\CC[C@@H](C)C[C@@H](C)[C@H](NC(=O)OC(C)(C)C(C)(F)F)C(=O)N3C2)n1. The van der Waals surface area contributed by atoms with E-state index >= 15 is 0 Å². The third-order valence-electron chi connectivity index (χ3n) is 11.5. The van der Waals surface area contributed by atoms with E-state index in [1.165, 1.54) is 12.0 Å². The van der Waals surface area contributed by atoms with Crippen LogP contribution in [-0.2, 0) is 29.1 Å². The van der Waals surface area contributed by atoms with Gasteiger partial charge in [-0.2, -0.15) is 4.98 Å². The van der Waals surface area contributed by atoms with Crippen molar-refractivity contribution in [3.8, 4) is 11.8 Å². The predicted octanol–water partition coefficient (Wildman–Crippen LogP) is 4.62. The van der Waals surface area contributed by atoms with Crippen LogP contribution < -0.4 is 24.8 Å². The third-order valence-corrected chi connectivity index (χ3v) is 13.3. The largest absolute Gasteiger partial charge is 0.481 e. The van der Waals surface area contributed by atoms with Crippen LogP contribution in [0.1, 0.15) is 79.6 Å². The molecule has 3 N–H and O–H groups in total. The molecule has 56 heavy (non-hydrogen) atoms. The van der Waals surface area contributed by atoms with Crippen molar-refractivity contribution in [2.45, 2.75) is 120 Å². The van der Waals surface area contributed by atoms with E-state index in [0.29, 0.717) is 44.4 Å². The van der Waals surface area contributed by atoms with E-state index in [9.17, 15) is 36.4 Å². The number of hydrogen-bond acceptors (Lipinski definition) is 10. The van der Waals surface area contributed by atoms with Gasteiger partial charge >= 0.3 is 6.09 Å². The number of halogens is 2. The number of fused-ring (bicyclic) bond motifs is 3. The molecule has 2 saturated carbocycles. The average molecular weight is 804 g/mol. The minimum Gasteiger partial charge on any atom is -0.481 e. The van der Waals surface area contributed by atoms with Crippen LogP contribution in [0.5, 0.6) is 11.8 Å². The van der Waals surface area contributed by atoms with Crippen LogP contribution in [0.4, 0.5) is 13.6 Å². The molecule has 14 nitrogen and oxygen atoms in total. The van der Waals surface area contributed by atoms with Crippen molar-refractivity contribution in [3.05, 3.63) is 42.5 Å². The summed E-state index contributed by atoms with van der Waals surface area (Å²) in [6, 6.07) is 6.46. The summed E-state index contributed by atoms with van der Waals surface area (Å²) in [5.41, 5.74) is -3.81. The maximum atomic E-state index is 14.8. The Balaban J connectivity index is 1.36. The molecule has 3 fully saturated rings. The highest BCUT2D eigenvalue weighted by atomic mass is 32.2. The van der Waals surface area contributed by atoms with Crippen molar-refractivity contribution in [1.82, 2.24) is 25.2 Å². The zero-order valence-electron chi connectivity index (χ0n) is 32.5. The molecule has 4 amide bonds. The third kappa shape index (κ3) is 8.71. The van der Waals surface area contributed by atoms with Gasteiger partial charge in [-0.25, -0.2) is 22.0 Å². The van der Waals surface area contributed by atoms with Crippen LogP contribution >= 0.6 is 0 Å². The molecule has 3 heterocycles. The topological polar surface area (TPSA) is 182 Å². The minimum absolute atomic E-state index is 0.0258. The molecule has 0 radical (unpaired) electrons. The summed E-state index contributed by atoms with van der Waals surface area (Å²) in [5.74, 6) is -6.24. The number of alkyl carbamates (subject to hydrolysis) is 1. The molecule has 17 heteroatoms. The number of amides is 4. The fourth-order valence-electron chi connectivity index (χ4n) is 7.47. The van der Waals surface area contributed by atoms with Gasteiger partial charge in [-0.05, 0) is 75.7 Å². The van der Waals surface area contributed by atoms with Gasteiger partial charge in [-0.3, -0.25) is 19.1 Å². The number of methoxy groups -OCH3 is 1. The number of nitrogens with one attached hydrogen (secondary N) is 3. The molecule has 2 aliphatic heterocycles. The van der Waals surface area contributed by atoms with Crippen LogP contribution in [-0.4, -0.2) is 96.3 Å². The Bertz CT molecular complexity index is 2000. The zero-order valence-corrected chi connectivity index (χ0v) is 33.3. The summed E-state index contributed by atoms with van der Waals surface area (Å²) in [6.45, 7) is 6.34. The second-order valence-corrected chi connectivity index (χ2v) is 18.3. The number of aromatic nitrogens is 1. The lowest BCUT2D eigenvalue weighted by molar-refractivity contribution is -0.152. The fourth-order valence-corrected chi connectivity index (χ4v) is 8.83. The lowest BCUT2D eigenvalue weighted by atomic mass is 9.88. The van der Waals surface area contributed by atoms with Crippen molar-refractivity contribution in [1.29, 1.82) is 0 Å². The van der Waals surface area contributed by atoms with Gasteiger partial charge in [0.15, 0.2) is 5.60 Å². The van der Waals surface area contributed by atoms with Crippen LogP contribution in [0.15, 0.2) is 42.5 Å². The Morgan fingerprint density at radius 3 is 2.46 bits per heavy atom. The summed E-state index contributed by atoms with van der Waals surface area (Å²) in [4.78, 5) is 62.0. The van der Waals surface area contributed by atoms with Crippen molar-refractivity contribution in [2.24, 2.45) is 17.8 Å². The number of rotatable bonds is 9. The highest BCUT2D eigenvalue weighted by molar-refractivity contribution is 7.91. The quantitative estimate of drug-likeness (QED) is 0.303. The normalized spacial score (nSPS) is 29.5. The van der Waals surface area contributed by atoms with E-state index in [-0.39, 0.29) is 37.1 Å². The molecule has 0 unspecified atom stereocenters. The van der Waals surface area contributed by atoms with Gasteiger partial charge in [0.1, 0.15) is 23.7 Å². The van der Waals surface area contributed by atoms with Crippen molar-refractivity contribution >= 4 is 44.6 Å². The van der Waals surface area contributed by atoms with Gasteiger partial charge in [0.25, 0.3) is 11.8 Å². The van der Waals surface area contributed by atoms with Gasteiger partial charge in [0, 0.05) is 30.7 Å². The number of carbonyl (C=O) groups excluding carboxylic acids is 4. The summed E-state index contributed by atoms with van der Waals surface area (Å²) >= 11 is 0.